The van der Waals surface area contributed by atoms with Gasteiger partial charge < -0.3 is 0 Å². The van der Waals surface area contributed by atoms with Crippen LogP contribution in [0.4, 0.5) is 4.39 Å². The number of rotatable bonds is 4. The first kappa shape index (κ1) is 15.9. The van der Waals surface area contributed by atoms with E-state index in [1.807, 2.05) is 30.3 Å². The zero-order valence-electron chi connectivity index (χ0n) is 14.5. The van der Waals surface area contributed by atoms with Crippen LogP contribution in [0.25, 0.3) is 16.6 Å². The Balaban J connectivity index is 1.73. The number of hydrogen-bond acceptors (Lipinski definition) is 3. The van der Waals surface area contributed by atoms with E-state index in [0.29, 0.717) is 17.0 Å². The molecule has 5 nitrogen and oxygen atoms in total. The SMILES string of the molecule is O=c1c2c(cnn2-c2ccccc2)c(C2CC2)nn1Cc1ccccc1F. The van der Waals surface area contributed by atoms with Crippen molar-refractivity contribution in [2.75, 3.05) is 0 Å². The third kappa shape index (κ3) is 2.73. The van der Waals surface area contributed by atoms with Gasteiger partial charge in [-0.15, -0.1) is 0 Å². The largest absolute Gasteiger partial charge is 0.293 e. The Bertz CT molecular complexity index is 1190. The highest BCUT2D eigenvalue weighted by Gasteiger charge is 2.30. The van der Waals surface area contributed by atoms with Crippen LogP contribution in [0, 0.1) is 5.82 Å². The van der Waals surface area contributed by atoms with Crippen molar-refractivity contribution in [2.24, 2.45) is 0 Å². The minimum atomic E-state index is -0.337. The summed E-state index contributed by atoms with van der Waals surface area (Å²) in [5.74, 6) is 0.00392. The van der Waals surface area contributed by atoms with Gasteiger partial charge in [-0.2, -0.15) is 10.2 Å². The maximum atomic E-state index is 14.1. The number of aromatic nitrogens is 4. The van der Waals surface area contributed by atoms with Crippen molar-refractivity contribution in [1.29, 1.82) is 0 Å². The molecule has 0 aliphatic heterocycles. The quantitative estimate of drug-likeness (QED) is 0.558. The number of halogens is 1. The molecule has 2 aromatic carbocycles. The number of nitrogens with zero attached hydrogens (tertiary/aromatic N) is 4. The molecule has 2 heterocycles. The molecule has 5 rings (SSSR count). The van der Waals surface area contributed by atoms with Gasteiger partial charge in [-0.1, -0.05) is 36.4 Å². The zero-order valence-corrected chi connectivity index (χ0v) is 14.5. The van der Waals surface area contributed by atoms with Crippen LogP contribution in [0.15, 0.2) is 65.6 Å². The molecule has 6 heteroatoms. The van der Waals surface area contributed by atoms with Crippen molar-refractivity contribution >= 4 is 10.9 Å². The van der Waals surface area contributed by atoms with E-state index < -0.39 is 0 Å². The first-order chi connectivity index (χ1) is 13.2. The van der Waals surface area contributed by atoms with Gasteiger partial charge in [0.1, 0.15) is 11.3 Å². The average Bonchev–Trinajstić information content (AvgIpc) is 3.44. The molecule has 0 amide bonds. The number of para-hydroxylation sites is 1. The summed E-state index contributed by atoms with van der Waals surface area (Å²) >= 11 is 0. The maximum absolute atomic E-state index is 14.1. The highest BCUT2D eigenvalue weighted by atomic mass is 19.1. The van der Waals surface area contributed by atoms with E-state index in [4.69, 9.17) is 0 Å². The van der Waals surface area contributed by atoms with Crippen LogP contribution in [0.1, 0.15) is 30.0 Å². The van der Waals surface area contributed by atoms with Gasteiger partial charge in [0.05, 0.1) is 24.1 Å². The standard InChI is InChI=1S/C21H17FN4O/c22-18-9-5-4-6-15(18)13-25-21(27)20-17(19(24-25)14-10-11-14)12-23-26(20)16-7-2-1-3-8-16/h1-9,12,14H,10-11,13H2. The molecule has 0 atom stereocenters. The second-order valence-corrected chi connectivity index (χ2v) is 6.87. The van der Waals surface area contributed by atoms with E-state index in [1.54, 1.807) is 29.1 Å². The summed E-state index contributed by atoms with van der Waals surface area (Å²) in [4.78, 5) is 13.2. The lowest BCUT2D eigenvalue weighted by Crippen LogP contribution is -2.26. The van der Waals surface area contributed by atoms with Crippen molar-refractivity contribution < 1.29 is 4.39 Å². The fourth-order valence-electron chi connectivity index (χ4n) is 3.41. The van der Waals surface area contributed by atoms with Crippen LogP contribution in [-0.2, 0) is 6.54 Å². The second-order valence-electron chi connectivity index (χ2n) is 6.87. The first-order valence-corrected chi connectivity index (χ1v) is 9.00. The van der Waals surface area contributed by atoms with Crippen LogP contribution in [0.3, 0.4) is 0 Å². The van der Waals surface area contributed by atoms with E-state index in [1.165, 1.54) is 10.7 Å². The van der Waals surface area contributed by atoms with Crippen molar-refractivity contribution in [3.05, 3.63) is 88.2 Å². The van der Waals surface area contributed by atoms with Gasteiger partial charge in [-0.05, 0) is 31.0 Å². The fourth-order valence-corrected chi connectivity index (χ4v) is 3.41. The topological polar surface area (TPSA) is 52.7 Å². The Morgan fingerprint density at radius 2 is 1.78 bits per heavy atom. The lowest BCUT2D eigenvalue weighted by Gasteiger charge is -2.10. The Morgan fingerprint density at radius 3 is 2.52 bits per heavy atom. The monoisotopic (exact) mass is 360 g/mol. The van der Waals surface area contributed by atoms with E-state index >= 15 is 0 Å². The predicted octanol–water partition coefficient (Wildman–Crippen LogP) is 3.65. The molecule has 0 unspecified atom stereocenters. The smallest absolute Gasteiger partial charge is 0.265 e. The number of benzene rings is 2. The third-order valence-corrected chi connectivity index (χ3v) is 4.95. The van der Waals surface area contributed by atoms with Gasteiger partial charge in [0.15, 0.2) is 0 Å². The van der Waals surface area contributed by atoms with E-state index in [9.17, 15) is 9.18 Å². The number of fused-ring (bicyclic) bond motifs is 1. The van der Waals surface area contributed by atoms with Gasteiger partial charge in [-0.25, -0.2) is 13.8 Å². The van der Waals surface area contributed by atoms with E-state index in [0.717, 1.165) is 29.6 Å². The van der Waals surface area contributed by atoms with Crippen LogP contribution >= 0.6 is 0 Å². The molecule has 1 saturated carbocycles. The highest BCUT2D eigenvalue weighted by molar-refractivity contribution is 5.82. The molecular weight excluding hydrogens is 343 g/mol. The highest BCUT2D eigenvalue weighted by Crippen LogP contribution is 2.41. The summed E-state index contributed by atoms with van der Waals surface area (Å²) in [6.45, 7) is 0.0983. The Hall–Kier alpha value is -3.28. The Labute approximate surface area is 154 Å². The molecule has 2 aromatic heterocycles. The Kier molecular flexibility index (Phi) is 3.63. The molecule has 0 spiro atoms. The van der Waals surface area contributed by atoms with Crippen LogP contribution in [0.2, 0.25) is 0 Å². The summed E-state index contributed by atoms with van der Waals surface area (Å²) in [6.07, 6.45) is 3.82. The fraction of sp³-hybridized carbons (Fsp3) is 0.190. The van der Waals surface area contributed by atoms with Crippen molar-refractivity contribution in [3.8, 4) is 5.69 Å². The summed E-state index contributed by atoms with van der Waals surface area (Å²) in [5.41, 5.74) is 2.37. The molecule has 0 radical (unpaired) electrons. The van der Waals surface area contributed by atoms with Gasteiger partial charge in [0.25, 0.3) is 5.56 Å². The zero-order chi connectivity index (χ0) is 18.4. The lowest BCUT2D eigenvalue weighted by molar-refractivity contribution is 0.568. The van der Waals surface area contributed by atoms with Crippen molar-refractivity contribution in [1.82, 2.24) is 19.6 Å². The molecular formula is C21H17FN4O. The Morgan fingerprint density at radius 1 is 1.04 bits per heavy atom. The average molecular weight is 360 g/mol. The minimum absolute atomic E-state index is 0.0983. The molecule has 1 aliphatic carbocycles. The van der Waals surface area contributed by atoms with Gasteiger partial charge >= 0.3 is 0 Å². The van der Waals surface area contributed by atoms with Crippen molar-refractivity contribution in [3.63, 3.8) is 0 Å². The predicted molar refractivity (Wildman–Crippen MR) is 101 cm³/mol. The molecule has 134 valence electrons. The minimum Gasteiger partial charge on any atom is -0.265 e. The number of hydrogen-bond donors (Lipinski definition) is 0. The van der Waals surface area contributed by atoms with Crippen LogP contribution in [0.5, 0.6) is 0 Å². The van der Waals surface area contributed by atoms with Crippen LogP contribution in [-0.4, -0.2) is 19.6 Å². The molecule has 0 N–H and O–H groups in total. The van der Waals surface area contributed by atoms with E-state index in [-0.39, 0.29) is 17.9 Å². The van der Waals surface area contributed by atoms with Gasteiger partial charge in [0.2, 0.25) is 0 Å². The van der Waals surface area contributed by atoms with Crippen LogP contribution < -0.4 is 5.56 Å². The molecule has 4 aromatic rings. The summed E-state index contributed by atoms with van der Waals surface area (Å²) in [5, 5.41) is 9.83. The molecule has 1 fully saturated rings. The normalized spacial score (nSPS) is 14.0. The maximum Gasteiger partial charge on any atom is 0.293 e. The van der Waals surface area contributed by atoms with Crippen molar-refractivity contribution in [2.45, 2.75) is 25.3 Å². The third-order valence-electron chi connectivity index (χ3n) is 4.95. The van der Waals surface area contributed by atoms with Gasteiger partial charge in [-0.3, -0.25) is 4.79 Å². The molecule has 0 bridgehead atoms. The van der Waals surface area contributed by atoms with E-state index in [2.05, 4.69) is 10.2 Å². The first-order valence-electron chi connectivity index (χ1n) is 9.00. The summed E-state index contributed by atoms with van der Waals surface area (Å²) in [7, 11) is 0. The second kappa shape index (κ2) is 6.16. The molecule has 0 saturated heterocycles. The molecule has 1 aliphatic rings. The van der Waals surface area contributed by atoms with Gasteiger partial charge in [0, 0.05) is 16.9 Å². The summed E-state index contributed by atoms with van der Waals surface area (Å²) in [6, 6.07) is 16.0. The molecule has 27 heavy (non-hydrogen) atoms. The lowest BCUT2D eigenvalue weighted by atomic mass is 10.2. The summed E-state index contributed by atoms with van der Waals surface area (Å²) < 4.78 is 17.1.